The summed E-state index contributed by atoms with van der Waals surface area (Å²) < 4.78 is 2.84. The summed E-state index contributed by atoms with van der Waals surface area (Å²) >= 11 is 0. The molecule has 0 spiro atoms. The first-order valence-corrected chi connectivity index (χ1v) is 9.10. The third-order valence-electron chi connectivity index (χ3n) is 5.02. The summed E-state index contributed by atoms with van der Waals surface area (Å²) in [6, 6.07) is 2.37. The van der Waals surface area contributed by atoms with Crippen molar-refractivity contribution in [3.8, 4) is 0 Å². The summed E-state index contributed by atoms with van der Waals surface area (Å²) in [5, 5.41) is 0.504. The van der Waals surface area contributed by atoms with Crippen LogP contribution in [0.2, 0.25) is 0 Å². The number of pyridine rings is 1. The molecule has 0 radical (unpaired) electrons. The molecule has 2 aromatic rings. The van der Waals surface area contributed by atoms with Crippen molar-refractivity contribution in [2.75, 3.05) is 33.1 Å². The van der Waals surface area contributed by atoms with Gasteiger partial charge in [0.1, 0.15) is 5.39 Å². The zero-order chi connectivity index (χ0) is 19.6. The lowest BCUT2D eigenvalue weighted by molar-refractivity contribution is 0.290. The molecule has 0 N–H and O–H groups in total. The first-order valence-electron chi connectivity index (χ1n) is 9.10. The Morgan fingerprint density at radius 1 is 1.15 bits per heavy atom. The fourth-order valence-electron chi connectivity index (χ4n) is 3.10. The van der Waals surface area contributed by atoms with Gasteiger partial charge in [0.25, 0.3) is 5.56 Å². The van der Waals surface area contributed by atoms with Gasteiger partial charge in [0.2, 0.25) is 0 Å². The molecule has 7 heteroatoms. The van der Waals surface area contributed by atoms with Crippen LogP contribution in [0.4, 0.5) is 5.69 Å². The lowest BCUT2D eigenvalue weighted by atomic mass is 10.1. The van der Waals surface area contributed by atoms with Crippen molar-refractivity contribution in [1.82, 2.24) is 19.0 Å². The van der Waals surface area contributed by atoms with E-state index in [2.05, 4.69) is 30.9 Å². The molecule has 0 bridgehead atoms. The van der Waals surface area contributed by atoms with Crippen molar-refractivity contribution < 1.29 is 0 Å². The largest absolute Gasteiger partial charge is 0.377 e. The summed E-state index contributed by atoms with van der Waals surface area (Å²) in [4.78, 5) is 34.3. The number of unbranched alkanes of at least 4 members (excludes halogenated alkanes) is 1. The van der Waals surface area contributed by atoms with Gasteiger partial charge in [0.05, 0.1) is 5.69 Å². The van der Waals surface area contributed by atoms with Gasteiger partial charge in [-0.15, -0.1) is 0 Å². The fourth-order valence-corrected chi connectivity index (χ4v) is 3.10. The summed E-state index contributed by atoms with van der Waals surface area (Å²) in [7, 11) is 9.59. The first kappa shape index (κ1) is 20.2. The highest BCUT2D eigenvalue weighted by Crippen LogP contribution is 2.21. The number of nitrogens with zero attached hydrogens (tertiary/aromatic N) is 5. The zero-order valence-electron chi connectivity index (χ0n) is 17.0. The molecule has 1 unspecified atom stereocenters. The van der Waals surface area contributed by atoms with Crippen LogP contribution in [-0.4, -0.2) is 53.3 Å². The van der Waals surface area contributed by atoms with Gasteiger partial charge in [0, 0.05) is 39.4 Å². The average molecular weight is 361 g/mol. The molecule has 26 heavy (non-hydrogen) atoms. The highest BCUT2D eigenvalue weighted by Gasteiger charge is 2.17. The second-order valence-corrected chi connectivity index (χ2v) is 7.48. The number of anilines is 1. The molecule has 2 aromatic heterocycles. The molecule has 7 nitrogen and oxygen atoms in total. The summed E-state index contributed by atoms with van der Waals surface area (Å²) in [6.45, 7) is 4.48. The van der Waals surface area contributed by atoms with Crippen LogP contribution >= 0.6 is 0 Å². The molecule has 0 saturated carbocycles. The predicted octanol–water partition coefficient (Wildman–Crippen LogP) is 1.59. The number of fused-ring (bicyclic) bond motifs is 1. The van der Waals surface area contributed by atoms with E-state index in [9.17, 15) is 9.59 Å². The molecule has 0 aliphatic carbocycles. The Morgan fingerprint density at radius 3 is 2.38 bits per heavy atom. The summed E-state index contributed by atoms with van der Waals surface area (Å²) in [5.41, 5.74) is 1.47. The summed E-state index contributed by atoms with van der Waals surface area (Å²) in [6.07, 6.45) is 2.81. The molecule has 1 atom stereocenters. The number of hydrogen-bond acceptors (Lipinski definition) is 5. The van der Waals surface area contributed by atoms with Gasteiger partial charge >= 0.3 is 5.69 Å². The molecular weight excluding hydrogens is 330 g/mol. The quantitative estimate of drug-likeness (QED) is 0.701. The van der Waals surface area contributed by atoms with E-state index in [1.54, 1.807) is 7.05 Å². The van der Waals surface area contributed by atoms with E-state index in [4.69, 9.17) is 0 Å². The smallest absolute Gasteiger partial charge is 0.332 e. The van der Waals surface area contributed by atoms with Crippen LogP contribution in [0, 0.1) is 6.92 Å². The molecular formula is C19H31N5O2. The van der Waals surface area contributed by atoms with Crippen molar-refractivity contribution in [3.05, 3.63) is 32.6 Å². The second-order valence-electron chi connectivity index (χ2n) is 7.48. The van der Waals surface area contributed by atoms with Crippen molar-refractivity contribution in [2.45, 2.75) is 45.7 Å². The minimum Gasteiger partial charge on any atom is -0.377 e. The zero-order valence-corrected chi connectivity index (χ0v) is 17.0. The van der Waals surface area contributed by atoms with Crippen molar-refractivity contribution in [2.24, 2.45) is 7.05 Å². The van der Waals surface area contributed by atoms with Crippen LogP contribution in [0.15, 0.2) is 15.7 Å². The number of rotatable bonds is 7. The molecule has 0 amide bonds. The van der Waals surface area contributed by atoms with E-state index in [1.807, 2.05) is 32.0 Å². The van der Waals surface area contributed by atoms with E-state index >= 15 is 0 Å². The maximum absolute atomic E-state index is 13.0. The van der Waals surface area contributed by atoms with E-state index in [0.717, 1.165) is 30.6 Å². The third-order valence-corrected chi connectivity index (χ3v) is 5.02. The fraction of sp³-hybridized carbons (Fsp3) is 0.632. The molecule has 144 valence electrons. The third kappa shape index (κ3) is 3.98. The van der Waals surface area contributed by atoms with Crippen molar-refractivity contribution in [1.29, 1.82) is 0 Å². The van der Waals surface area contributed by atoms with E-state index in [0.29, 0.717) is 23.6 Å². The Hall–Kier alpha value is -2.15. The minimum atomic E-state index is -0.300. The number of hydrogen-bond donors (Lipinski definition) is 0. The minimum absolute atomic E-state index is 0.250. The van der Waals surface area contributed by atoms with Crippen LogP contribution in [0.5, 0.6) is 0 Å². The van der Waals surface area contributed by atoms with Gasteiger partial charge < -0.3 is 9.80 Å². The van der Waals surface area contributed by atoms with E-state index < -0.39 is 0 Å². The predicted molar refractivity (Wildman–Crippen MR) is 107 cm³/mol. The van der Waals surface area contributed by atoms with Gasteiger partial charge in [0.15, 0.2) is 5.65 Å². The normalized spacial score (nSPS) is 12.8. The number of aromatic nitrogens is 3. The van der Waals surface area contributed by atoms with E-state index in [-0.39, 0.29) is 11.2 Å². The first-order chi connectivity index (χ1) is 12.1. The van der Waals surface area contributed by atoms with Crippen LogP contribution in [0.3, 0.4) is 0 Å². The Morgan fingerprint density at radius 2 is 1.81 bits per heavy atom. The Balaban J connectivity index is 2.42. The van der Waals surface area contributed by atoms with Gasteiger partial charge in [-0.2, -0.15) is 0 Å². The van der Waals surface area contributed by atoms with Crippen molar-refractivity contribution in [3.63, 3.8) is 0 Å². The summed E-state index contributed by atoms with van der Waals surface area (Å²) in [5.74, 6) is 0. The Labute approximate surface area is 154 Å². The highest BCUT2D eigenvalue weighted by molar-refractivity contribution is 5.88. The highest BCUT2D eigenvalue weighted by atomic mass is 16.2. The van der Waals surface area contributed by atoms with Gasteiger partial charge in [-0.05, 0) is 46.9 Å². The SMILES string of the molecule is Cc1cc(N(C)C)c2c(=O)n(CCCCC(C)N(C)C)c(=O)n(C)c2n1. The maximum atomic E-state index is 13.0. The van der Waals surface area contributed by atoms with Crippen LogP contribution in [-0.2, 0) is 13.6 Å². The Kier molecular flexibility index (Phi) is 6.23. The molecule has 0 aliphatic heterocycles. The molecule has 0 saturated heterocycles. The van der Waals surface area contributed by atoms with E-state index in [1.165, 1.54) is 9.13 Å². The lowest BCUT2D eigenvalue weighted by Crippen LogP contribution is -2.40. The molecule has 0 fully saturated rings. The monoisotopic (exact) mass is 361 g/mol. The average Bonchev–Trinajstić information content (AvgIpc) is 2.57. The Bertz CT molecular complexity index is 895. The molecule has 2 heterocycles. The maximum Gasteiger partial charge on any atom is 0.332 e. The molecule has 0 aromatic carbocycles. The van der Waals surface area contributed by atoms with Crippen LogP contribution in [0.1, 0.15) is 31.9 Å². The van der Waals surface area contributed by atoms with Crippen molar-refractivity contribution >= 4 is 16.7 Å². The van der Waals surface area contributed by atoms with Crippen LogP contribution in [0.25, 0.3) is 11.0 Å². The van der Waals surface area contributed by atoms with Gasteiger partial charge in [-0.25, -0.2) is 9.78 Å². The molecule has 0 aliphatic rings. The van der Waals surface area contributed by atoms with Crippen LogP contribution < -0.4 is 16.1 Å². The lowest BCUT2D eigenvalue weighted by Gasteiger charge is -2.20. The standard InChI is InChI=1S/C19H31N5O2/c1-13-12-15(22(5)6)16-17(20-13)23(7)19(26)24(18(16)25)11-9-8-10-14(2)21(3)4/h12,14H,8-11H2,1-7H3. The topological polar surface area (TPSA) is 63.4 Å². The second kappa shape index (κ2) is 8.03. The molecule has 2 rings (SSSR count). The van der Waals surface area contributed by atoms with Gasteiger partial charge in [-0.1, -0.05) is 6.42 Å². The van der Waals surface area contributed by atoms with Gasteiger partial charge in [-0.3, -0.25) is 13.9 Å². The number of aryl methyl sites for hydroxylation is 2.